The molecule has 0 saturated carbocycles. The minimum absolute atomic E-state index is 0. The molecule has 0 saturated heterocycles. The predicted molar refractivity (Wildman–Crippen MR) is 113 cm³/mol. The number of aromatic nitrogens is 1. The average molecular weight is 523 g/mol. The number of pyridine rings is 1. The van der Waals surface area contributed by atoms with Gasteiger partial charge in [0.15, 0.2) is 0 Å². The molecule has 1 atom stereocenters. The number of unbranched alkanes of at least 4 members (excludes halogenated alkanes) is 1. The van der Waals surface area contributed by atoms with Crippen molar-refractivity contribution in [2.45, 2.75) is 45.1 Å². The molecule has 4 rings (SSSR count). The SMILES string of the molecule is CCCCC1CCc2ccc3ccc(-c4[c-]cccc4)nc3c2[N-]1.[CH3-].[CH3-].[Hf+4]. The molecule has 1 aliphatic heterocycles. The molecule has 1 aromatic heterocycles. The van der Waals surface area contributed by atoms with Gasteiger partial charge in [-0.15, -0.1) is 47.6 Å². The maximum Gasteiger partial charge on any atom is 4.00 e. The van der Waals surface area contributed by atoms with Crippen molar-refractivity contribution in [1.29, 1.82) is 0 Å². The van der Waals surface area contributed by atoms with Gasteiger partial charge in [0, 0.05) is 5.52 Å². The molecule has 2 aromatic carbocycles. The molecule has 1 aliphatic rings. The molecule has 0 radical (unpaired) electrons. The van der Waals surface area contributed by atoms with Crippen molar-refractivity contribution in [2.24, 2.45) is 0 Å². The summed E-state index contributed by atoms with van der Waals surface area (Å²) in [5.41, 5.74) is 5.52. The molecule has 0 bridgehead atoms. The van der Waals surface area contributed by atoms with E-state index in [0.29, 0.717) is 6.04 Å². The fourth-order valence-electron chi connectivity index (χ4n) is 3.48. The number of nitrogens with zero attached hydrogens (tertiary/aromatic N) is 2. The Morgan fingerprint density at radius 1 is 1.11 bits per heavy atom. The molecule has 3 heteroatoms. The normalized spacial score (nSPS) is 14.8. The zero-order valence-electron chi connectivity index (χ0n) is 16.6. The van der Waals surface area contributed by atoms with Gasteiger partial charge in [0.2, 0.25) is 0 Å². The Hall–Kier alpha value is -1.48. The van der Waals surface area contributed by atoms with Crippen molar-refractivity contribution >= 4 is 16.6 Å². The molecule has 3 aromatic rings. The summed E-state index contributed by atoms with van der Waals surface area (Å²) in [5.74, 6) is 0. The first-order valence-corrected chi connectivity index (χ1v) is 8.95. The third-order valence-corrected chi connectivity index (χ3v) is 4.85. The molecule has 0 spiro atoms. The Labute approximate surface area is 183 Å². The van der Waals surface area contributed by atoms with E-state index < -0.39 is 0 Å². The summed E-state index contributed by atoms with van der Waals surface area (Å²) in [6.45, 7) is 2.25. The average Bonchev–Trinajstić information content (AvgIpc) is 2.66. The molecule has 0 aliphatic carbocycles. The molecule has 138 valence electrons. The summed E-state index contributed by atoms with van der Waals surface area (Å²) in [4.78, 5) is 4.95. The van der Waals surface area contributed by atoms with Gasteiger partial charge >= 0.3 is 25.8 Å². The van der Waals surface area contributed by atoms with Crippen LogP contribution in [0.2, 0.25) is 0 Å². The van der Waals surface area contributed by atoms with E-state index in [1.54, 1.807) is 0 Å². The van der Waals surface area contributed by atoms with Crippen molar-refractivity contribution in [1.82, 2.24) is 4.98 Å². The van der Waals surface area contributed by atoms with Gasteiger partial charge in [0.05, 0.1) is 0 Å². The predicted octanol–water partition coefficient (Wildman–Crippen LogP) is 7.11. The second-order valence-corrected chi connectivity index (χ2v) is 6.58. The molecular formula is C24H28HfN2. The maximum absolute atomic E-state index is 5.07. The molecule has 27 heavy (non-hydrogen) atoms. The smallest absolute Gasteiger partial charge is 0.680 e. The van der Waals surface area contributed by atoms with Crippen LogP contribution in [0, 0.1) is 20.9 Å². The monoisotopic (exact) mass is 524 g/mol. The standard InChI is InChI=1S/C22H22N2.2CH3.Hf/c1-2-3-9-19-14-12-17-10-11-18-13-15-20(16-7-5-4-6-8-16)24-22(18)21(17)23-19;;;/h4-7,10-11,13,15,19H,2-3,9,12,14H2,1H3;2*1H3;/q-2;2*-1;+4. The second kappa shape index (κ2) is 10.8. The fourth-order valence-corrected chi connectivity index (χ4v) is 3.48. The summed E-state index contributed by atoms with van der Waals surface area (Å²) in [6, 6.07) is 20.4. The van der Waals surface area contributed by atoms with E-state index in [4.69, 9.17) is 10.3 Å². The zero-order valence-corrected chi connectivity index (χ0v) is 20.2. The molecule has 2 heterocycles. The van der Waals surface area contributed by atoms with Gasteiger partial charge in [0.1, 0.15) is 0 Å². The van der Waals surface area contributed by atoms with E-state index >= 15 is 0 Å². The molecule has 2 nitrogen and oxygen atoms in total. The Kier molecular flexibility index (Phi) is 9.38. The topological polar surface area (TPSA) is 27.0 Å². The van der Waals surface area contributed by atoms with Gasteiger partial charge in [-0.05, 0) is 17.5 Å². The Bertz CT molecular complexity index is 846. The van der Waals surface area contributed by atoms with Crippen LogP contribution in [0.4, 0.5) is 5.69 Å². The Balaban J connectivity index is 0.00000121. The van der Waals surface area contributed by atoms with Crippen LogP contribution in [0.15, 0.2) is 48.5 Å². The van der Waals surface area contributed by atoms with Crippen LogP contribution in [0.25, 0.3) is 27.5 Å². The van der Waals surface area contributed by atoms with E-state index in [0.717, 1.165) is 28.9 Å². The minimum Gasteiger partial charge on any atom is -0.680 e. The molecule has 1 unspecified atom stereocenters. The number of benzene rings is 2. The largest absolute Gasteiger partial charge is 4.00 e. The van der Waals surface area contributed by atoms with Crippen LogP contribution < -0.4 is 0 Å². The zero-order chi connectivity index (χ0) is 16.4. The Morgan fingerprint density at radius 2 is 1.93 bits per heavy atom. The first kappa shape index (κ1) is 23.6. The number of aryl methyl sites for hydroxylation is 1. The van der Waals surface area contributed by atoms with Crippen molar-refractivity contribution < 1.29 is 25.8 Å². The van der Waals surface area contributed by atoms with Crippen molar-refractivity contribution in [2.75, 3.05) is 0 Å². The minimum atomic E-state index is 0. The molecule has 0 fully saturated rings. The number of rotatable bonds is 4. The van der Waals surface area contributed by atoms with E-state index in [2.05, 4.69) is 43.3 Å². The molecule has 0 amide bonds. The van der Waals surface area contributed by atoms with Crippen LogP contribution in [-0.4, -0.2) is 11.0 Å². The molecule has 0 N–H and O–H groups in total. The third kappa shape index (κ3) is 5.07. The summed E-state index contributed by atoms with van der Waals surface area (Å²) >= 11 is 0. The van der Waals surface area contributed by atoms with Crippen LogP contribution in [0.3, 0.4) is 0 Å². The van der Waals surface area contributed by atoms with E-state index in [1.807, 2.05) is 18.2 Å². The van der Waals surface area contributed by atoms with E-state index in [1.165, 1.54) is 36.6 Å². The van der Waals surface area contributed by atoms with Gasteiger partial charge < -0.3 is 20.2 Å². The summed E-state index contributed by atoms with van der Waals surface area (Å²) in [7, 11) is 0. The number of hydrogen-bond acceptors (Lipinski definition) is 1. The van der Waals surface area contributed by atoms with Crippen LogP contribution in [0.5, 0.6) is 0 Å². The molecular weight excluding hydrogens is 495 g/mol. The quantitative estimate of drug-likeness (QED) is 0.265. The van der Waals surface area contributed by atoms with Gasteiger partial charge in [-0.1, -0.05) is 62.4 Å². The van der Waals surface area contributed by atoms with Gasteiger partial charge in [0.25, 0.3) is 0 Å². The van der Waals surface area contributed by atoms with Gasteiger partial charge in [-0.3, -0.25) is 4.98 Å². The van der Waals surface area contributed by atoms with Crippen LogP contribution in [-0.2, 0) is 32.3 Å². The summed E-state index contributed by atoms with van der Waals surface area (Å²) in [6.07, 6.45) is 5.97. The second-order valence-electron chi connectivity index (χ2n) is 6.58. The maximum atomic E-state index is 5.07. The summed E-state index contributed by atoms with van der Waals surface area (Å²) in [5, 5.41) is 6.25. The van der Waals surface area contributed by atoms with Crippen LogP contribution in [0.1, 0.15) is 38.2 Å². The van der Waals surface area contributed by atoms with Crippen molar-refractivity contribution in [3.05, 3.63) is 80.3 Å². The number of hydrogen-bond donors (Lipinski definition) is 0. The third-order valence-electron chi connectivity index (χ3n) is 4.85. The first-order valence-electron chi connectivity index (χ1n) is 8.95. The fraction of sp³-hybridized carbons (Fsp3) is 0.292. The van der Waals surface area contributed by atoms with E-state index in [9.17, 15) is 0 Å². The van der Waals surface area contributed by atoms with Crippen LogP contribution >= 0.6 is 0 Å². The van der Waals surface area contributed by atoms with Gasteiger partial charge in [-0.25, -0.2) is 0 Å². The van der Waals surface area contributed by atoms with Gasteiger partial charge in [-0.2, -0.15) is 0 Å². The van der Waals surface area contributed by atoms with E-state index in [-0.39, 0.29) is 40.7 Å². The first-order chi connectivity index (χ1) is 11.8. The Morgan fingerprint density at radius 3 is 2.67 bits per heavy atom. The summed E-state index contributed by atoms with van der Waals surface area (Å²) < 4.78 is 0. The van der Waals surface area contributed by atoms with Crippen molar-refractivity contribution in [3.8, 4) is 11.3 Å². The van der Waals surface area contributed by atoms with Crippen molar-refractivity contribution in [3.63, 3.8) is 0 Å². The number of fused-ring (bicyclic) bond motifs is 3.